The van der Waals surface area contributed by atoms with Crippen LogP contribution in [0, 0.1) is 0 Å². The van der Waals surface area contributed by atoms with Crippen LogP contribution in [0.3, 0.4) is 0 Å². The van der Waals surface area contributed by atoms with Gasteiger partial charge in [-0.05, 0) is 22.9 Å². The maximum atomic E-state index is 13.1. The largest absolute Gasteiger partial charge is 0.339 e. The number of fused-ring (bicyclic) bond motifs is 1. The summed E-state index contributed by atoms with van der Waals surface area (Å²) in [7, 11) is -7.34. The van der Waals surface area contributed by atoms with Gasteiger partial charge in [0.1, 0.15) is 0 Å². The van der Waals surface area contributed by atoms with E-state index in [0.29, 0.717) is 26.2 Å². The SMILES string of the molecule is NS(=O)(=O)N1CCN(CC(=O)N2CCN(S(=O)(=O)c3ccc4ccccc4c3)CC2)CC1. The molecular formula is C20H27N5O5S2. The number of hydrogen-bond donors (Lipinski definition) is 1. The first-order valence-electron chi connectivity index (χ1n) is 10.4. The number of carbonyl (C=O) groups excluding carboxylic acids is 1. The number of nitrogens with two attached hydrogens (primary N) is 1. The Hall–Kier alpha value is -2.09. The molecule has 2 aliphatic rings. The van der Waals surface area contributed by atoms with E-state index < -0.39 is 20.2 Å². The molecule has 2 aromatic rings. The van der Waals surface area contributed by atoms with Gasteiger partial charge in [0.15, 0.2) is 0 Å². The van der Waals surface area contributed by atoms with E-state index in [1.54, 1.807) is 23.1 Å². The van der Waals surface area contributed by atoms with Crippen molar-refractivity contribution in [3.05, 3.63) is 42.5 Å². The van der Waals surface area contributed by atoms with Crippen LogP contribution in [0.4, 0.5) is 0 Å². The summed E-state index contributed by atoms with van der Waals surface area (Å²) in [5.41, 5.74) is 0. The summed E-state index contributed by atoms with van der Waals surface area (Å²) in [6, 6.07) is 12.7. The van der Waals surface area contributed by atoms with Crippen LogP contribution in [-0.4, -0.2) is 100 Å². The summed E-state index contributed by atoms with van der Waals surface area (Å²) >= 11 is 0. The molecule has 0 atom stereocenters. The van der Waals surface area contributed by atoms with E-state index in [-0.39, 0.29) is 43.5 Å². The van der Waals surface area contributed by atoms with Crippen molar-refractivity contribution in [2.45, 2.75) is 4.90 Å². The molecule has 10 nitrogen and oxygen atoms in total. The average molecular weight is 482 g/mol. The van der Waals surface area contributed by atoms with E-state index in [2.05, 4.69) is 0 Å². The lowest BCUT2D eigenvalue weighted by molar-refractivity contribution is -0.133. The van der Waals surface area contributed by atoms with E-state index in [9.17, 15) is 21.6 Å². The van der Waals surface area contributed by atoms with Crippen molar-refractivity contribution in [3.63, 3.8) is 0 Å². The molecule has 0 spiro atoms. The van der Waals surface area contributed by atoms with Gasteiger partial charge in [-0.3, -0.25) is 9.69 Å². The monoisotopic (exact) mass is 481 g/mol. The molecule has 0 radical (unpaired) electrons. The van der Waals surface area contributed by atoms with Crippen LogP contribution in [0.15, 0.2) is 47.4 Å². The highest BCUT2D eigenvalue weighted by atomic mass is 32.2. The highest BCUT2D eigenvalue weighted by Gasteiger charge is 2.31. The third-order valence-electron chi connectivity index (χ3n) is 6.00. The van der Waals surface area contributed by atoms with Gasteiger partial charge in [-0.2, -0.15) is 17.0 Å². The van der Waals surface area contributed by atoms with Crippen molar-refractivity contribution in [2.75, 3.05) is 58.9 Å². The normalized spacial score (nSPS) is 20.0. The highest BCUT2D eigenvalue weighted by Crippen LogP contribution is 2.23. The molecule has 12 heteroatoms. The molecular weight excluding hydrogens is 454 g/mol. The van der Waals surface area contributed by atoms with Gasteiger partial charge in [0, 0.05) is 52.4 Å². The zero-order chi connectivity index (χ0) is 22.9. The lowest BCUT2D eigenvalue weighted by Gasteiger charge is -2.37. The number of piperazine rings is 2. The molecule has 0 aromatic heterocycles. The molecule has 4 rings (SSSR count). The molecule has 1 amide bonds. The van der Waals surface area contributed by atoms with Crippen molar-refractivity contribution < 1.29 is 21.6 Å². The van der Waals surface area contributed by atoms with Crippen LogP contribution in [0.2, 0.25) is 0 Å². The van der Waals surface area contributed by atoms with Crippen molar-refractivity contribution in [3.8, 4) is 0 Å². The minimum Gasteiger partial charge on any atom is -0.339 e. The second-order valence-electron chi connectivity index (χ2n) is 8.01. The van der Waals surface area contributed by atoms with Gasteiger partial charge < -0.3 is 4.90 Å². The second kappa shape index (κ2) is 9.04. The zero-order valence-electron chi connectivity index (χ0n) is 17.6. The fourth-order valence-corrected chi connectivity index (χ4v) is 6.22. The number of benzene rings is 2. The number of sulfonamides is 1. The average Bonchev–Trinajstić information content (AvgIpc) is 2.78. The number of hydrogen-bond acceptors (Lipinski definition) is 6. The Bertz CT molecular complexity index is 1200. The standard InChI is InChI=1S/C20H27N5O5S2/c21-32(29,30)25-11-7-22(8-12-25)16-20(26)23-9-13-24(14-10-23)31(27,28)19-6-5-17-3-1-2-4-18(17)15-19/h1-6,15H,7-14,16H2,(H2,21,29,30). The molecule has 0 aliphatic carbocycles. The van der Waals surface area contributed by atoms with Crippen molar-refractivity contribution in [1.82, 2.24) is 18.4 Å². The maximum Gasteiger partial charge on any atom is 0.276 e. The lowest BCUT2D eigenvalue weighted by atomic mass is 10.1. The molecule has 32 heavy (non-hydrogen) atoms. The van der Waals surface area contributed by atoms with Crippen LogP contribution < -0.4 is 5.14 Å². The number of amides is 1. The fraction of sp³-hybridized carbons (Fsp3) is 0.450. The zero-order valence-corrected chi connectivity index (χ0v) is 19.3. The summed E-state index contributed by atoms with van der Waals surface area (Å²) in [6.45, 7) is 2.66. The van der Waals surface area contributed by atoms with E-state index in [1.165, 1.54) is 8.61 Å². The third kappa shape index (κ3) is 4.95. The van der Waals surface area contributed by atoms with Crippen molar-refractivity contribution in [1.29, 1.82) is 0 Å². The van der Waals surface area contributed by atoms with Gasteiger partial charge in [-0.15, -0.1) is 0 Å². The highest BCUT2D eigenvalue weighted by molar-refractivity contribution is 7.89. The van der Waals surface area contributed by atoms with Gasteiger partial charge in [0.05, 0.1) is 11.4 Å². The molecule has 2 aliphatic heterocycles. The summed E-state index contributed by atoms with van der Waals surface area (Å²) in [6.07, 6.45) is 0. The smallest absolute Gasteiger partial charge is 0.276 e. The molecule has 2 saturated heterocycles. The maximum absolute atomic E-state index is 13.1. The van der Waals surface area contributed by atoms with Gasteiger partial charge in [0.25, 0.3) is 10.2 Å². The molecule has 2 heterocycles. The molecule has 0 saturated carbocycles. The van der Waals surface area contributed by atoms with E-state index in [1.807, 2.05) is 29.2 Å². The van der Waals surface area contributed by atoms with E-state index >= 15 is 0 Å². The van der Waals surface area contributed by atoms with Gasteiger partial charge in [0.2, 0.25) is 15.9 Å². The molecule has 0 unspecified atom stereocenters. The summed E-state index contributed by atoms with van der Waals surface area (Å²) < 4.78 is 51.6. The van der Waals surface area contributed by atoms with Crippen molar-refractivity contribution >= 4 is 36.9 Å². The topological polar surface area (TPSA) is 124 Å². The molecule has 0 bridgehead atoms. The lowest BCUT2D eigenvalue weighted by Crippen LogP contribution is -2.55. The van der Waals surface area contributed by atoms with Crippen LogP contribution in [0.25, 0.3) is 10.8 Å². The molecule has 2 fully saturated rings. The first-order valence-corrected chi connectivity index (χ1v) is 13.4. The number of rotatable bonds is 5. The second-order valence-corrected chi connectivity index (χ2v) is 11.5. The summed E-state index contributed by atoms with van der Waals surface area (Å²) in [4.78, 5) is 16.5. The number of nitrogens with zero attached hydrogens (tertiary/aromatic N) is 4. The summed E-state index contributed by atoms with van der Waals surface area (Å²) in [5.74, 6) is -0.0863. The summed E-state index contributed by atoms with van der Waals surface area (Å²) in [5, 5.41) is 6.99. The molecule has 2 aromatic carbocycles. The van der Waals surface area contributed by atoms with Gasteiger partial charge >= 0.3 is 0 Å². The first-order chi connectivity index (χ1) is 15.1. The Labute approximate surface area is 188 Å². The van der Waals surface area contributed by atoms with Crippen LogP contribution in [0.1, 0.15) is 0 Å². The van der Waals surface area contributed by atoms with Gasteiger partial charge in [-0.1, -0.05) is 30.3 Å². The fourth-order valence-electron chi connectivity index (χ4n) is 4.09. The van der Waals surface area contributed by atoms with E-state index in [4.69, 9.17) is 5.14 Å². The first kappa shape index (κ1) is 23.1. The molecule has 174 valence electrons. The predicted molar refractivity (Wildman–Crippen MR) is 120 cm³/mol. The Morgan fingerprint density at radius 2 is 1.38 bits per heavy atom. The Balaban J connectivity index is 1.32. The van der Waals surface area contributed by atoms with Gasteiger partial charge in [-0.25, -0.2) is 13.6 Å². The van der Waals surface area contributed by atoms with Crippen LogP contribution in [-0.2, 0) is 25.0 Å². The Kier molecular flexibility index (Phi) is 6.52. The Morgan fingerprint density at radius 3 is 2.00 bits per heavy atom. The van der Waals surface area contributed by atoms with Crippen LogP contribution in [0.5, 0.6) is 0 Å². The van der Waals surface area contributed by atoms with E-state index in [0.717, 1.165) is 10.8 Å². The quantitative estimate of drug-likeness (QED) is 0.614. The number of carbonyl (C=O) groups is 1. The van der Waals surface area contributed by atoms with Crippen LogP contribution >= 0.6 is 0 Å². The minimum atomic E-state index is -3.70. The minimum absolute atomic E-state index is 0.0863. The predicted octanol–water partition coefficient (Wildman–Crippen LogP) is -0.506. The third-order valence-corrected chi connectivity index (χ3v) is 8.98. The Morgan fingerprint density at radius 1 is 0.781 bits per heavy atom. The molecule has 2 N–H and O–H groups in total. The van der Waals surface area contributed by atoms with Crippen molar-refractivity contribution in [2.24, 2.45) is 5.14 Å².